The number of hydrogen-bond acceptors (Lipinski definition) is 9. The molecule has 0 saturated carbocycles. The molecule has 3 aliphatic carbocycles. The molecule has 137 heavy (non-hydrogen) atoms. The Morgan fingerprint density at radius 2 is 0.540 bits per heavy atom. The van der Waals surface area contributed by atoms with Gasteiger partial charge in [0, 0.05) is 59.7 Å². The molecule has 0 bridgehead atoms. The van der Waals surface area contributed by atoms with Crippen molar-refractivity contribution >= 4 is 72.7 Å². The molecule has 0 aliphatic heterocycles. The van der Waals surface area contributed by atoms with Crippen LogP contribution in [0.4, 0.5) is 51.2 Å². The maximum Gasteiger partial charge on any atom is 2.00 e. The monoisotopic (exact) mass is 2300 g/mol. The molecular weight excluding hydrogens is 2210 g/mol. The number of para-hydroxylation sites is 1. The van der Waals surface area contributed by atoms with Gasteiger partial charge in [-0.05, 0) is 240 Å². The van der Waals surface area contributed by atoms with E-state index in [4.69, 9.17) is 19.9 Å². The topological polar surface area (TPSA) is 87.1 Å². The van der Waals surface area contributed by atoms with Crippen LogP contribution in [0.5, 0.6) is 0 Å². The normalized spacial score (nSPS) is 12.6. The number of benzene rings is 15. The summed E-state index contributed by atoms with van der Waals surface area (Å²) in [5, 5.41) is 4.86. The second kappa shape index (κ2) is 38.9. The van der Waals surface area contributed by atoms with Crippen molar-refractivity contribution in [3.05, 3.63) is 501 Å². The van der Waals surface area contributed by atoms with Gasteiger partial charge in [-0.3, -0.25) is 0 Å². The Kier molecular flexibility index (Phi) is 25.9. The molecule has 0 spiro atoms. The van der Waals surface area contributed by atoms with Crippen molar-refractivity contribution in [1.82, 2.24) is 29.9 Å². The van der Waals surface area contributed by atoms with Crippen LogP contribution in [-0.4, -0.2) is 29.9 Å². The van der Waals surface area contributed by atoms with Crippen LogP contribution in [0.25, 0.3) is 134 Å². The van der Waals surface area contributed by atoms with Gasteiger partial charge in [-0.1, -0.05) is 266 Å². The van der Waals surface area contributed by atoms with Gasteiger partial charge in [-0.2, -0.15) is 0 Å². The third-order valence-electron chi connectivity index (χ3n) is 26.4. The molecule has 6 heterocycles. The van der Waals surface area contributed by atoms with E-state index in [0.29, 0.717) is 0 Å². The number of fused-ring (bicyclic) bond motifs is 7. The fourth-order valence-corrected chi connectivity index (χ4v) is 19.6. The maximum absolute atomic E-state index is 4.94. The number of anilines is 9. The van der Waals surface area contributed by atoms with Gasteiger partial charge >= 0.3 is 63.2 Å². The van der Waals surface area contributed by atoms with E-state index in [9.17, 15) is 0 Å². The summed E-state index contributed by atoms with van der Waals surface area (Å²) in [4.78, 5) is 35.2. The van der Waals surface area contributed by atoms with Crippen molar-refractivity contribution in [1.29, 1.82) is 0 Å². The zero-order valence-electron chi connectivity index (χ0n) is 76.0. The summed E-state index contributed by atoms with van der Waals surface area (Å²) < 4.78 is 0. The van der Waals surface area contributed by atoms with Crippen molar-refractivity contribution in [3.63, 3.8) is 0 Å². The second-order valence-corrected chi connectivity index (χ2v) is 35.6. The number of aromatic nitrogens is 6. The molecule has 0 radical (unpaired) electrons. The molecular formula is C125H89N9Pt3. The zero-order valence-corrected chi connectivity index (χ0v) is 82.8. The maximum atomic E-state index is 4.94. The van der Waals surface area contributed by atoms with Crippen LogP contribution in [0, 0.1) is 36.4 Å². The standard InChI is InChI=1S/C46H31N3.C42H31N3.C37H27N3.3Pt/c1-4-12-34(13-5-1)37-22-24-42(25-23-37)49(43-20-10-18-40(30-43)45-32-38(26-28-47-45)35-14-6-2-7-15-35)44-21-11-19-41(31-44)46-33-39(27-29-48-46)36-16-8-3-9-17-36;1-41(2)33-18-16-29(24-31(33)39-37-26(20-22-43-39)10-8-14-35(37)41)45(28-12-6-5-7-13-28)30-17-19-34-32(25-30)40-38-27(21-23-44-40)11-9-15-36(38)42(34,3)4;1-37(2)33-16-4-3-15-31(33)32-20-19-30(25-34(32)37)40(28-13-9-11-26(23-28)35-17-5-7-21-38-35)29-14-10-12-27(24-29)36-18-6-8-22-39-36;;;/h1-29,32-33H;5-23H,1-4H3;3-22,25H,1-2H3;;;/q3*-2;3*+2. The zero-order chi connectivity index (χ0) is 90.4. The number of rotatable bonds is 16. The molecule has 0 amide bonds. The molecule has 3 aliphatic rings. The van der Waals surface area contributed by atoms with E-state index in [1.165, 1.54) is 71.6 Å². The van der Waals surface area contributed by atoms with Crippen LogP contribution < -0.4 is 14.7 Å². The fourth-order valence-electron chi connectivity index (χ4n) is 19.6. The number of nitrogens with zero attached hydrogens (tertiary/aromatic N) is 9. The molecule has 0 atom stereocenters. The average molecular weight is 2300 g/mol. The van der Waals surface area contributed by atoms with E-state index in [2.05, 4.69) is 430 Å². The largest absolute Gasteiger partial charge is 2.00 e. The third kappa shape index (κ3) is 17.6. The van der Waals surface area contributed by atoms with Gasteiger partial charge < -0.3 is 44.6 Å². The van der Waals surface area contributed by atoms with Gasteiger partial charge in [0.15, 0.2) is 0 Å². The summed E-state index contributed by atoms with van der Waals surface area (Å²) in [5.74, 6) is 0. The summed E-state index contributed by atoms with van der Waals surface area (Å²) in [6.07, 6.45) is 11.2. The predicted octanol–water partition coefficient (Wildman–Crippen LogP) is 31.5. The molecule has 0 fully saturated rings. The van der Waals surface area contributed by atoms with Crippen LogP contribution in [0.1, 0.15) is 74.9 Å². The first kappa shape index (κ1) is 91.3. The Balaban J connectivity index is 0.000000131. The Bertz CT molecular complexity index is 7610. The van der Waals surface area contributed by atoms with E-state index in [-0.39, 0.29) is 79.4 Å². The summed E-state index contributed by atoms with van der Waals surface area (Å²) in [6, 6.07) is 160. The van der Waals surface area contributed by atoms with E-state index in [0.717, 1.165) is 147 Å². The average Bonchev–Trinajstić information content (AvgIpc) is 1.73. The molecule has 24 rings (SSSR count). The minimum Gasteiger partial charge on any atom is -0.346 e. The predicted molar refractivity (Wildman–Crippen MR) is 549 cm³/mol. The molecule has 21 aromatic rings. The minimum atomic E-state index is -0.182. The van der Waals surface area contributed by atoms with Crippen LogP contribution in [0.3, 0.4) is 0 Å². The van der Waals surface area contributed by atoms with E-state index in [1.807, 2.05) is 104 Å². The fraction of sp³-hybridized carbons (Fsp3) is 0.0720. The summed E-state index contributed by atoms with van der Waals surface area (Å²) >= 11 is 0. The van der Waals surface area contributed by atoms with Crippen molar-refractivity contribution < 1.29 is 63.2 Å². The van der Waals surface area contributed by atoms with Crippen LogP contribution in [0.2, 0.25) is 0 Å². The van der Waals surface area contributed by atoms with Gasteiger partial charge in [0.1, 0.15) is 0 Å². The molecule has 0 saturated heterocycles. The molecule has 0 unspecified atom stereocenters. The van der Waals surface area contributed by atoms with Gasteiger partial charge in [-0.15, -0.1) is 178 Å². The number of hydrogen-bond donors (Lipinski definition) is 0. The molecule has 6 aromatic heterocycles. The molecule has 664 valence electrons. The van der Waals surface area contributed by atoms with Gasteiger partial charge in [0.25, 0.3) is 0 Å². The second-order valence-electron chi connectivity index (χ2n) is 35.6. The summed E-state index contributed by atoms with van der Waals surface area (Å²) in [5.41, 5.74) is 36.7. The Hall–Kier alpha value is -14.8. The van der Waals surface area contributed by atoms with Crippen molar-refractivity contribution in [2.45, 2.75) is 57.8 Å². The van der Waals surface area contributed by atoms with Crippen molar-refractivity contribution in [2.24, 2.45) is 0 Å². The van der Waals surface area contributed by atoms with Crippen LogP contribution in [-0.2, 0) is 79.4 Å². The Morgan fingerprint density at radius 1 is 0.204 bits per heavy atom. The molecule has 0 N–H and O–H groups in total. The first-order valence-electron chi connectivity index (χ1n) is 45.4. The van der Waals surface area contributed by atoms with Crippen LogP contribution in [0.15, 0.2) is 431 Å². The quantitative estimate of drug-likeness (QED) is 0.0878. The Labute approximate surface area is 844 Å². The SMILES string of the molecule is CC1(C)c2ccc(N(c3[c-]c4c(cc3)C(C)(C)c3cccc5ccnc-4c35)c3ccccc3)[c-]c2-c2nccc3cccc1c23.CC1(C)c2ccccc2-c2ccc(N(c3[c-]c(-c4ccccn4)ccc3)c3[c-]c(-c4ccccn4)ccc3)cc21.[Pt+2].[Pt+2].[Pt+2].[c-]1c(-c2cc(-c3ccccc3)ccn2)cccc1N(c1[c-]c(-c2cc(-c3ccccc3)ccn2)ccc1)c1ccc(-c2ccccc2)cc1. The van der Waals surface area contributed by atoms with Crippen molar-refractivity contribution in [3.8, 4) is 112 Å². The van der Waals surface area contributed by atoms with Gasteiger partial charge in [-0.25, -0.2) is 0 Å². The first-order chi connectivity index (χ1) is 65.7. The Morgan fingerprint density at radius 3 is 0.985 bits per heavy atom. The summed E-state index contributed by atoms with van der Waals surface area (Å²) in [7, 11) is 0. The molecule has 15 aromatic carbocycles. The van der Waals surface area contributed by atoms with Gasteiger partial charge in [0.05, 0.1) is 0 Å². The smallest absolute Gasteiger partial charge is 0.346 e. The third-order valence-corrected chi connectivity index (χ3v) is 26.4. The van der Waals surface area contributed by atoms with Crippen LogP contribution >= 0.6 is 0 Å². The van der Waals surface area contributed by atoms with Gasteiger partial charge in [0.2, 0.25) is 0 Å². The minimum absolute atomic E-state index is 0. The number of pyridine rings is 6. The molecule has 12 heteroatoms. The van der Waals surface area contributed by atoms with Crippen molar-refractivity contribution in [2.75, 3.05) is 14.7 Å². The molecule has 9 nitrogen and oxygen atoms in total. The summed E-state index contributed by atoms with van der Waals surface area (Å²) in [6.45, 7) is 13.9. The van der Waals surface area contributed by atoms with E-state index >= 15 is 0 Å². The van der Waals surface area contributed by atoms with E-state index in [1.54, 1.807) is 0 Å². The van der Waals surface area contributed by atoms with E-state index < -0.39 is 0 Å². The first-order valence-corrected chi connectivity index (χ1v) is 45.4.